The molecule has 3 rings (SSSR count). The number of hydrogen-bond donors (Lipinski definition) is 1. The van der Waals surface area contributed by atoms with Crippen molar-refractivity contribution in [3.63, 3.8) is 0 Å². The third-order valence-corrected chi connectivity index (χ3v) is 3.29. The quantitative estimate of drug-likeness (QED) is 0.842. The van der Waals surface area contributed by atoms with Crippen molar-refractivity contribution >= 4 is 27.8 Å². The van der Waals surface area contributed by atoms with Gasteiger partial charge in [-0.25, -0.2) is 0 Å². The maximum absolute atomic E-state index is 11.0. The molecule has 96 valence electrons. The first-order valence-corrected chi connectivity index (χ1v) is 6.18. The van der Waals surface area contributed by atoms with Crippen LogP contribution in [0.3, 0.4) is 0 Å². The van der Waals surface area contributed by atoms with Crippen LogP contribution in [0.15, 0.2) is 40.5 Å². The van der Waals surface area contributed by atoms with E-state index in [1.54, 1.807) is 0 Å². The summed E-state index contributed by atoms with van der Waals surface area (Å²) >= 11 is 3.35. The second-order valence-corrected chi connectivity index (χ2v) is 4.85. The average Bonchev–Trinajstić information content (AvgIpc) is 2.86. The van der Waals surface area contributed by atoms with Crippen LogP contribution < -0.4 is 10.4 Å². The maximum atomic E-state index is 11.0. The van der Waals surface area contributed by atoms with Gasteiger partial charge in [0.25, 0.3) is 0 Å². The summed E-state index contributed by atoms with van der Waals surface area (Å²) < 4.78 is 2.45. The minimum atomic E-state index is -1.30. The van der Waals surface area contributed by atoms with E-state index in [0.717, 1.165) is 10.0 Å². The predicted octanol–water partition coefficient (Wildman–Crippen LogP) is 0.0843. The molecular weight excluding hydrogens is 314 g/mol. The van der Waals surface area contributed by atoms with Gasteiger partial charge in [-0.2, -0.15) is 4.68 Å². The van der Waals surface area contributed by atoms with Crippen LogP contribution in [0.25, 0.3) is 0 Å². The number of aliphatic carboxylic acids is 1. The van der Waals surface area contributed by atoms with Gasteiger partial charge in [0, 0.05) is 4.47 Å². The number of aromatic nitrogens is 4. The van der Waals surface area contributed by atoms with Crippen LogP contribution in [-0.4, -0.2) is 26.2 Å². The number of benzene rings is 1. The number of halogens is 1. The first kappa shape index (κ1) is 11.8. The van der Waals surface area contributed by atoms with E-state index in [-0.39, 0.29) is 17.7 Å². The first-order chi connectivity index (χ1) is 9.15. The highest BCUT2D eigenvalue weighted by atomic mass is 79.9. The summed E-state index contributed by atoms with van der Waals surface area (Å²) in [5.74, 6) is -1.02. The van der Waals surface area contributed by atoms with Gasteiger partial charge in [0.05, 0.1) is 11.7 Å². The maximum Gasteiger partial charge on any atom is 0.248 e. The molecule has 0 amide bonds. The molecule has 0 saturated carbocycles. The molecule has 2 heterocycles. The van der Waals surface area contributed by atoms with E-state index < -0.39 is 5.97 Å². The number of rotatable bonds is 2. The molecule has 1 aliphatic heterocycles. The molecule has 1 N–H and O–H groups in total. The van der Waals surface area contributed by atoms with Crippen molar-refractivity contribution in [2.45, 2.75) is 6.04 Å². The zero-order valence-electron chi connectivity index (χ0n) is 9.45. The van der Waals surface area contributed by atoms with E-state index in [2.05, 4.69) is 36.8 Å². The number of fused-ring (bicyclic) bond motifs is 1. The van der Waals surface area contributed by atoms with E-state index in [1.807, 2.05) is 24.3 Å². The minimum Gasteiger partial charge on any atom is -0.543 e. The Hall–Kier alpha value is -2.22. The molecule has 0 bridgehead atoms. The Bertz CT molecular complexity index is 664. The molecule has 1 aromatic carbocycles. The largest absolute Gasteiger partial charge is 0.543 e. The van der Waals surface area contributed by atoms with Crippen LogP contribution in [0.5, 0.6) is 0 Å². The van der Waals surface area contributed by atoms with Crippen molar-refractivity contribution in [1.82, 2.24) is 20.2 Å². The molecular formula is C11H7BrN5O2-. The number of allylic oxidation sites excluding steroid dienone is 1. The molecule has 0 unspecified atom stereocenters. The monoisotopic (exact) mass is 320 g/mol. The number of carbonyl (C=O) groups excluding carboxylic acids is 1. The lowest BCUT2D eigenvalue weighted by atomic mass is 10.0. The minimum absolute atomic E-state index is 0.0461. The molecule has 2 aromatic rings. The summed E-state index contributed by atoms with van der Waals surface area (Å²) in [5.41, 5.74) is 0.826. The Kier molecular flexibility index (Phi) is 2.79. The van der Waals surface area contributed by atoms with Gasteiger partial charge in [0.15, 0.2) is 0 Å². The highest BCUT2D eigenvalue weighted by Crippen LogP contribution is 2.28. The van der Waals surface area contributed by atoms with Gasteiger partial charge in [-0.3, -0.25) is 0 Å². The number of carbonyl (C=O) groups is 1. The highest BCUT2D eigenvalue weighted by molar-refractivity contribution is 9.10. The zero-order valence-corrected chi connectivity index (χ0v) is 11.0. The van der Waals surface area contributed by atoms with E-state index >= 15 is 0 Å². The van der Waals surface area contributed by atoms with Crippen LogP contribution >= 0.6 is 15.9 Å². The van der Waals surface area contributed by atoms with Crippen molar-refractivity contribution in [3.8, 4) is 0 Å². The second-order valence-electron chi connectivity index (χ2n) is 3.94. The van der Waals surface area contributed by atoms with Gasteiger partial charge in [-0.15, -0.1) is 0 Å². The van der Waals surface area contributed by atoms with Crippen molar-refractivity contribution in [2.75, 3.05) is 5.32 Å². The third-order valence-electron chi connectivity index (χ3n) is 2.76. The number of carboxylic acids is 1. The Morgan fingerprint density at radius 2 is 2.11 bits per heavy atom. The van der Waals surface area contributed by atoms with Crippen molar-refractivity contribution in [1.29, 1.82) is 0 Å². The van der Waals surface area contributed by atoms with Crippen LogP contribution in [0, 0.1) is 0 Å². The average molecular weight is 321 g/mol. The van der Waals surface area contributed by atoms with Gasteiger partial charge in [0.2, 0.25) is 5.95 Å². The zero-order chi connectivity index (χ0) is 13.4. The van der Waals surface area contributed by atoms with Crippen LogP contribution in [0.1, 0.15) is 11.6 Å². The van der Waals surface area contributed by atoms with Gasteiger partial charge in [-0.05, 0) is 34.2 Å². The predicted molar refractivity (Wildman–Crippen MR) is 66.8 cm³/mol. The smallest absolute Gasteiger partial charge is 0.248 e. The van der Waals surface area contributed by atoms with Crippen molar-refractivity contribution in [3.05, 3.63) is 46.1 Å². The summed E-state index contributed by atoms with van der Waals surface area (Å²) in [6.45, 7) is 0. The summed E-state index contributed by atoms with van der Waals surface area (Å²) in [6.07, 6.45) is 1.52. The lowest BCUT2D eigenvalue weighted by Crippen LogP contribution is -2.32. The summed E-state index contributed by atoms with van der Waals surface area (Å²) in [6, 6.07) is 7.10. The second kappa shape index (κ2) is 4.47. The van der Waals surface area contributed by atoms with Crippen molar-refractivity contribution < 1.29 is 9.90 Å². The van der Waals surface area contributed by atoms with Gasteiger partial charge >= 0.3 is 0 Å². The fraction of sp³-hybridized carbons (Fsp3) is 0.0909. The number of anilines is 1. The Balaban J connectivity index is 2.09. The lowest BCUT2D eigenvalue weighted by molar-refractivity contribution is -0.299. The fourth-order valence-electron chi connectivity index (χ4n) is 1.87. The standard InChI is InChI=1S/C11H8BrN5O2/c12-7-3-1-6(2-4-7)9-5-8(10(18)19)13-11-14-15-16-17(9)11/h1-5,9H,(H,18,19)(H,13,14,16)/p-1/t9-/m0/s1. The molecule has 8 heteroatoms. The Morgan fingerprint density at radius 1 is 1.37 bits per heavy atom. The molecule has 1 atom stereocenters. The molecule has 1 aromatic heterocycles. The molecule has 0 saturated heterocycles. The molecule has 19 heavy (non-hydrogen) atoms. The Labute approximate surface area is 116 Å². The van der Waals surface area contributed by atoms with E-state index in [9.17, 15) is 9.90 Å². The lowest BCUT2D eigenvalue weighted by Gasteiger charge is -2.23. The molecule has 0 spiro atoms. The Morgan fingerprint density at radius 3 is 2.79 bits per heavy atom. The van der Waals surface area contributed by atoms with E-state index in [1.165, 1.54) is 10.8 Å². The number of tetrazole rings is 1. The molecule has 0 radical (unpaired) electrons. The van der Waals surface area contributed by atoms with Gasteiger partial charge in [-0.1, -0.05) is 33.2 Å². The summed E-state index contributed by atoms with van der Waals surface area (Å²) in [7, 11) is 0. The van der Waals surface area contributed by atoms with Crippen LogP contribution in [0.2, 0.25) is 0 Å². The van der Waals surface area contributed by atoms with Gasteiger partial charge < -0.3 is 15.2 Å². The third kappa shape index (κ3) is 2.10. The number of nitrogens with one attached hydrogen (secondary N) is 1. The van der Waals surface area contributed by atoms with E-state index in [4.69, 9.17) is 0 Å². The first-order valence-electron chi connectivity index (χ1n) is 5.38. The topological polar surface area (TPSA) is 95.8 Å². The molecule has 1 aliphatic rings. The van der Waals surface area contributed by atoms with Crippen LogP contribution in [-0.2, 0) is 4.79 Å². The SMILES string of the molecule is O=C([O-])C1=C[C@@H](c2ccc(Br)cc2)n2nnnc2N1. The number of hydrogen-bond acceptors (Lipinski definition) is 6. The highest BCUT2D eigenvalue weighted by Gasteiger charge is 2.23. The number of carboxylic acid groups (broad SMARTS) is 1. The summed E-state index contributed by atoms with van der Waals surface area (Å²) in [4.78, 5) is 11.0. The molecule has 7 nitrogen and oxygen atoms in total. The van der Waals surface area contributed by atoms with Gasteiger partial charge in [0.1, 0.15) is 6.04 Å². The number of nitrogens with zero attached hydrogens (tertiary/aromatic N) is 4. The van der Waals surface area contributed by atoms with Crippen LogP contribution in [0.4, 0.5) is 5.95 Å². The molecule has 0 aliphatic carbocycles. The van der Waals surface area contributed by atoms with Crippen molar-refractivity contribution in [2.24, 2.45) is 0 Å². The fourth-order valence-corrected chi connectivity index (χ4v) is 2.13. The van der Waals surface area contributed by atoms with E-state index in [0.29, 0.717) is 0 Å². The summed E-state index contributed by atoms with van der Waals surface area (Å²) in [5, 5.41) is 24.7. The normalized spacial score (nSPS) is 17.3. The molecule has 0 fully saturated rings.